The first-order valence-electron chi connectivity index (χ1n) is 8.51. The number of rotatable bonds is 6. The average molecular weight is 375 g/mol. The van der Waals surface area contributed by atoms with E-state index in [0.29, 0.717) is 22.2 Å². The lowest BCUT2D eigenvalue weighted by atomic mass is 10.1. The van der Waals surface area contributed by atoms with Gasteiger partial charge in [-0.15, -0.1) is 11.3 Å². The Balaban J connectivity index is 1.84. The topological polar surface area (TPSA) is 80.3 Å². The van der Waals surface area contributed by atoms with E-state index < -0.39 is 5.91 Å². The lowest BCUT2D eigenvalue weighted by Gasteiger charge is -2.09. The second-order valence-electron chi connectivity index (χ2n) is 6.66. The van der Waals surface area contributed by atoms with Crippen molar-refractivity contribution in [3.8, 4) is 5.75 Å². The van der Waals surface area contributed by atoms with E-state index in [2.05, 4.69) is 29.7 Å². The fourth-order valence-electron chi connectivity index (χ4n) is 2.27. The molecule has 1 aromatic heterocycles. The summed E-state index contributed by atoms with van der Waals surface area (Å²) in [7, 11) is 0. The number of aromatic nitrogens is 1. The summed E-state index contributed by atoms with van der Waals surface area (Å²) in [6.45, 7) is 9.81. The number of hydrazine groups is 1. The Hall–Kier alpha value is -2.41. The molecule has 1 heterocycles. The van der Waals surface area contributed by atoms with Crippen molar-refractivity contribution in [3.05, 3.63) is 44.9 Å². The smallest absolute Gasteiger partial charge is 0.281 e. The van der Waals surface area contributed by atoms with Crippen LogP contribution < -0.4 is 15.6 Å². The minimum atomic E-state index is -0.429. The van der Waals surface area contributed by atoms with Gasteiger partial charge in [0.2, 0.25) is 0 Å². The predicted octanol–water partition coefficient (Wildman–Crippen LogP) is 3.11. The average Bonchev–Trinajstić information content (AvgIpc) is 2.93. The zero-order valence-electron chi connectivity index (χ0n) is 15.8. The highest BCUT2D eigenvalue weighted by Crippen LogP contribution is 2.20. The molecule has 0 bridgehead atoms. The Morgan fingerprint density at radius 3 is 2.54 bits per heavy atom. The monoisotopic (exact) mass is 375 g/mol. The van der Waals surface area contributed by atoms with Gasteiger partial charge in [-0.05, 0) is 49.9 Å². The zero-order chi connectivity index (χ0) is 19.3. The molecule has 0 aliphatic heterocycles. The Labute approximate surface area is 158 Å². The second-order valence-corrected chi connectivity index (χ2v) is 7.74. The number of ether oxygens (including phenoxy) is 1. The molecule has 0 spiro atoms. The predicted molar refractivity (Wildman–Crippen MR) is 102 cm³/mol. The molecule has 140 valence electrons. The third-order valence-corrected chi connectivity index (χ3v) is 4.97. The van der Waals surface area contributed by atoms with E-state index in [1.54, 1.807) is 6.92 Å². The van der Waals surface area contributed by atoms with Crippen molar-refractivity contribution in [1.29, 1.82) is 0 Å². The van der Waals surface area contributed by atoms with Crippen LogP contribution in [0.3, 0.4) is 0 Å². The molecule has 0 saturated carbocycles. The molecule has 0 aliphatic rings. The molecule has 2 N–H and O–H groups in total. The molecule has 7 heteroatoms. The summed E-state index contributed by atoms with van der Waals surface area (Å²) in [5, 5.41) is 0.923. The van der Waals surface area contributed by atoms with Crippen LogP contribution in [0.2, 0.25) is 0 Å². The van der Waals surface area contributed by atoms with Crippen molar-refractivity contribution in [2.75, 3.05) is 6.61 Å². The van der Waals surface area contributed by atoms with E-state index in [-0.39, 0.29) is 12.5 Å². The van der Waals surface area contributed by atoms with E-state index in [0.717, 1.165) is 22.6 Å². The maximum atomic E-state index is 12.2. The van der Waals surface area contributed by atoms with Gasteiger partial charge in [-0.3, -0.25) is 20.4 Å². The van der Waals surface area contributed by atoms with Crippen molar-refractivity contribution in [2.24, 2.45) is 5.92 Å². The number of hydrogen-bond acceptors (Lipinski definition) is 5. The third-order valence-electron chi connectivity index (χ3n) is 3.79. The first-order chi connectivity index (χ1) is 12.3. The lowest BCUT2D eigenvalue weighted by Crippen LogP contribution is -2.43. The van der Waals surface area contributed by atoms with E-state index in [1.165, 1.54) is 11.3 Å². The Bertz CT molecular complexity index is 799. The van der Waals surface area contributed by atoms with Crippen LogP contribution >= 0.6 is 11.3 Å². The summed E-state index contributed by atoms with van der Waals surface area (Å²) in [5.41, 5.74) is 7.70. The van der Waals surface area contributed by atoms with Gasteiger partial charge in [0, 0.05) is 6.42 Å². The van der Waals surface area contributed by atoms with Gasteiger partial charge in [-0.25, -0.2) is 4.98 Å². The Morgan fingerprint density at radius 2 is 1.88 bits per heavy atom. The van der Waals surface area contributed by atoms with Crippen LogP contribution in [0.4, 0.5) is 0 Å². The molecule has 26 heavy (non-hydrogen) atoms. The number of carbonyl (C=O) groups excluding carboxylic acids is 2. The van der Waals surface area contributed by atoms with Gasteiger partial charge in [-0.1, -0.05) is 19.9 Å². The van der Waals surface area contributed by atoms with Crippen molar-refractivity contribution in [3.63, 3.8) is 0 Å². The summed E-state index contributed by atoms with van der Waals surface area (Å²) < 4.78 is 5.44. The maximum Gasteiger partial charge on any atom is 0.281 e. The number of hydrogen-bond donors (Lipinski definition) is 2. The van der Waals surface area contributed by atoms with Gasteiger partial charge in [0.05, 0.1) is 10.7 Å². The molecule has 6 nitrogen and oxygen atoms in total. The Morgan fingerprint density at radius 1 is 1.15 bits per heavy atom. The highest BCUT2D eigenvalue weighted by molar-refractivity contribution is 7.13. The molecule has 0 aliphatic carbocycles. The Kier molecular flexibility index (Phi) is 6.74. The highest BCUT2D eigenvalue weighted by atomic mass is 32.1. The third kappa shape index (κ3) is 5.56. The number of thiazole rings is 1. The SMILES string of the molecule is Cc1ccc(OCC(=O)NNC(=O)c2sc(CC(C)C)nc2C)cc1C. The molecule has 0 radical (unpaired) electrons. The first-order valence-corrected chi connectivity index (χ1v) is 9.33. The number of amides is 2. The van der Waals surface area contributed by atoms with Crippen LogP contribution in [-0.2, 0) is 11.2 Å². The molecule has 0 saturated heterocycles. The largest absolute Gasteiger partial charge is 0.484 e. The molecule has 2 amide bonds. The van der Waals surface area contributed by atoms with Gasteiger partial charge < -0.3 is 4.74 Å². The summed E-state index contributed by atoms with van der Waals surface area (Å²) in [5.74, 6) is 0.292. The van der Waals surface area contributed by atoms with Crippen molar-refractivity contribution >= 4 is 23.2 Å². The molecule has 2 aromatic rings. The van der Waals surface area contributed by atoms with Crippen LogP contribution in [0.1, 0.15) is 45.3 Å². The zero-order valence-corrected chi connectivity index (χ0v) is 16.6. The fraction of sp³-hybridized carbons (Fsp3) is 0.421. The normalized spacial score (nSPS) is 10.7. The fourth-order valence-corrected chi connectivity index (χ4v) is 3.44. The summed E-state index contributed by atoms with van der Waals surface area (Å²) in [6.07, 6.45) is 0.828. The number of nitrogens with zero attached hydrogens (tertiary/aromatic N) is 1. The van der Waals surface area contributed by atoms with Gasteiger partial charge in [-0.2, -0.15) is 0 Å². The molecular formula is C19H25N3O3S. The summed E-state index contributed by atoms with van der Waals surface area (Å²) in [4.78, 5) is 29.0. The van der Waals surface area contributed by atoms with Crippen LogP contribution in [0.5, 0.6) is 5.75 Å². The van der Waals surface area contributed by atoms with E-state index in [4.69, 9.17) is 4.74 Å². The van der Waals surface area contributed by atoms with E-state index in [9.17, 15) is 9.59 Å². The molecule has 0 unspecified atom stereocenters. The quantitative estimate of drug-likeness (QED) is 0.760. The van der Waals surface area contributed by atoms with Gasteiger partial charge in [0.25, 0.3) is 11.8 Å². The summed E-state index contributed by atoms with van der Waals surface area (Å²) in [6, 6.07) is 5.62. The number of benzene rings is 1. The maximum absolute atomic E-state index is 12.2. The standard InChI is InChI=1S/C19H25N3O3S/c1-11(2)8-17-20-14(5)18(26-17)19(24)22-21-16(23)10-25-15-7-6-12(3)13(4)9-15/h6-7,9,11H,8,10H2,1-5H3,(H,21,23)(H,22,24). The van der Waals surface area contributed by atoms with Crippen LogP contribution in [0.15, 0.2) is 18.2 Å². The molecule has 0 atom stereocenters. The van der Waals surface area contributed by atoms with Crippen molar-refractivity contribution in [1.82, 2.24) is 15.8 Å². The van der Waals surface area contributed by atoms with Crippen molar-refractivity contribution in [2.45, 2.75) is 41.0 Å². The molecule has 0 fully saturated rings. The minimum Gasteiger partial charge on any atom is -0.484 e. The number of carbonyl (C=O) groups is 2. The lowest BCUT2D eigenvalue weighted by molar-refractivity contribution is -0.123. The molecular weight excluding hydrogens is 350 g/mol. The highest BCUT2D eigenvalue weighted by Gasteiger charge is 2.16. The second kappa shape index (κ2) is 8.80. The number of nitrogens with one attached hydrogen (secondary N) is 2. The van der Waals surface area contributed by atoms with E-state index in [1.807, 2.05) is 32.0 Å². The van der Waals surface area contributed by atoms with Gasteiger partial charge in [0.1, 0.15) is 10.6 Å². The van der Waals surface area contributed by atoms with Gasteiger partial charge in [0.15, 0.2) is 6.61 Å². The summed E-state index contributed by atoms with van der Waals surface area (Å²) >= 11 is 1.36. The first kappa shape index (κ1) is 19.9. The molecule has 1 aromatic carbocycles. The van der Waals surface area contributed by atoms with Crippen LogP contribution in [0.25, 0.3) is 0 Å². The van der Waals surface area contributed by atoms with Crippen LogP contribution in [-0.4, -0.2) is 23.4 Å². The van der Waals surface area contributed by atoms with Crippen molar-refractivity contribution < 1.29 is 14.3 Å². The number of aryl methyl sites for hydroxylation is 3. The van der Waals surface area contributed by atoms with Crippen LogP contribution in [0, 0.1) is 26.7 Å². The van der Waals surface area contributed by atoms with E-state index >= 15 is 0 Å². The van der Waals surface area contributed by atoms with Gasteiger partial charge >= 0.3 is 0 Å². The molecule has 2 rings (SSSR count). The minimum absolute atomic E-state index is 0.178.